The summed E-state index contributed by atoms with van der Waals surface area (Å²) in [6.07, 6.45) is 3.35. The number of hydrogen-bond donors (Lipinski definition) is 2. The van der Waals surface area contributed by atoms with Crippen molar-refractivity contribution in [1.29, 1.82) is 0 Å². The quantitative estimate of drug-likeness (QED) is 0.563. The molecule has 0 aliphatic carbocycles. The molecular formula is C11H20ClN3O2S. The first kappa shape index (κ1) is 15.5. The average Bonchev–Trinajstić information content (AvgIpc) is 2.70. The number of rotatable bonds is 8. The second-order valence-corrected chi connectivity index (χ2v) is 6.72. The predicted molar refractivity (Wildman–Crippen MR) is 73.3 cm³/mol. The van der Waals surface area contributed by atoms with Gasteiger partial charge in [-0.25, -0.2) is 13.1 Å². The third kappa shape index (κ3) is 5.37. The van der Waals surface area contributed by atoms with Crippen molar-refractivity contribution in [1.82, 2.24) is 14.9 Å². The maximum absolute atomic E-state index is 11.6. The molecule has 0 radical (unpaired) electrons. The normalized spacial score (nSPS) is 13.7. The number of H-pyrrole nitrogens is 1. The fourth-order valence-electron chi connectivity index (χ4n) is 1.61. The Balaban J connectivity index is 2.27. The third-order valence-electron chi connectivity index (χ3n) is 2.65. The van der Waals surface area contributed by atoms with Gasteiger partial charge in [0.05, 0.1) is 11.9 Å². The Labute approximate surface area is 113 Å². The maximum atomic E-state index is 11.6. The van der Waals surface area contributed by atoms with Gasteiger partial charge in [0.15, 0.2) is 0 Å². The van der Waals surface area contributed by atoms with Crippen molar-refractivity contribution >= 4 is 21.6 Å². The van der Waals surface area contributed by atoms with Crippen LogP contribution < -0.4 is 4.72 Å². The minimum Gasteiger partial charge on any atom is -0.283 e. The Bertz CT molecular complexity index is 459. The SMILES string of the molecule is Cc1[nH]ncc1CCCNS(=O)(=O)CC(C)CCl. The van der Waals surface area contributed by atoms with E-state index < -0.39 is 10.0 Å². The Morgan fingerprint density at radius 2 is 2.28 bits per heavy atom. The molecule has 1 aromatic heterocycles. The molecule has 0 amide bonds. The Morgan fingerprint density at radius 3 is 2.83 bits per heavy atom. The van der Waals surface area contributed by atoms with Crippen LogP contribution in [0.2, 0.25) is 0 Å². The summed E-state index contributed by atoms with van der Waals surface area (Å²) in [5.74, 6) is 0.413. The van der Waals surface area contributed by atoms with Crippen molar-refractivity contribution in [2.45, 2.75) is 26.7 Å². The largest absolute Gasteiger partial charge is 0.283 e. The Hall–Kier alpha value is -0.590. The van der Waals surface area contributed by atoms with Crippen molar-refractivity contribution in [2.75, 3.05) is 18.2 Å². The summed E-state index contributed by atoms with van der Waals surface area (Å²) in [5.41, 5.74) is 2.16. The average molecular weight is 294 g/mol. The smallest absolute Gasteiger partial charge is 0.211 e. The van der Waals surface area contributed by atoms with E-state index in [9.17, 15) is 8.42 Å². The summed E-state index contributed by atoms with van der Waals surface area (Å²) in [6, 6.07) is 0. The van der Waals surface area contributed by atoms with Crippen LogP contribution >= 0.6 is 11.6 Å². The van der Waals surface area contributed by atoms with Gasteiger partial charge in [-0.2, -0.15) is 5.10 Å². The molecule has 18 heavy (non-hydrogen) atoms. The highest BCUT2D eigenvalue weighted by Crippen LogP contribution is 2.06. The van der Waals surface area contributed by atoms with E-state index in [1.165, 1.54) is 0 Å². The number of hydrogen-bond acceptors (Lipinski definition) is 3. The lowest BCUT2D eigenvalue weighted by molar-refractivity contribution is 0.566. The van der Waals surface area contributed by atoms with E-state index in [2.05, 4.69) is 14.9 Å². The van der Waals surface area contributed by atoms with Gasteiger partial charge in [0.1, 0.15) is 0 Å². The molecule has 7 heteroatoms. The first-order chi connectivity index (χ1) is 8.44. The number of sulfonamides is 1. The molecule has 1 unspecified atom stereocenters. The standard InChI is InChI=1S/C11H20ClN3O2S/c1-9(6-12)8-18(16,17)14-5-3-4-11-7-13-15-10(11)2/h7,9,14H,3-6,8H2,1-2H3,(H,13,15). The molecule has 0 saturated heterocycles. The molecule has 1 heterocycles. The highest BCUT2D eigenvalue weighted by Gasteiger charge is 2.14. The molecule has 0 fully saturated rings. The monoisotopic (exact) mass is 293 g/mol. The number of halogens is 1. The van der Waals surface area contributed by atoms with E-state index in [4.69, 9.17) is 11.6 Å². The van der Waals surface area contributed by atoms with Gasteiger partial charge in [0.2, 0.25) is 10.0 Å². The van der Waals surface area contributed by atoms with Crippen LogP contribution in [0, 0.1) is 12.8 Å². The minimum atomic E-state index is -3.20. The lowest BCUT2D eigenvalue weighted by Gasteiger charge is -2.09. The van der Waals surface area contributed by atoms with Crippen molar-refractivity contribution in [3.8, 4) is 0 Å². The number of alkyl halides is 1. The zero-order valence-corrected chi connectivity index (χ0v) is 12.3. The molecule has 0 saturated carbocycles. The summed E-state index contributed by atoms with van der Waals surface area (Å²) >= 11 is 5.60. The fourth-order valence-corrected chi connectivity index (χ4v) is 3.29. The van der Waals surface area contributed by atoms with Gasteiger partial charge in [-0.3, -0.25) is 5.10 Å². The van der Waals surface area contributed by atoms with Crippen molar-refractivity contribution < 1.29 is 8.42 Å². The lowest BCUT2D eigenvalue weighted by Crippen LogP contribution is -2.30. The number of nitrogens with zero attached hydrogens (tertiary/aromatic N) is 1. The van der Waals surface area contributed by atoms with Crippen LogP contribution in [0.3, 0.4) is 0 Å². The van der Waals surface area contributed by atoms with E-state index in [-0.39, 0.29) is 11.7 Å². The second kappa shape index (κ2) is 7.11. The molecule has 5 nitrogen and oxygen atoms in total. The summed E-state index contributed by atoms with van der Waals surface area (Å²) in [5, 5.41) is 6.78. The van der Waals surface area contributed by atoms with E-state index in [0.717, 1.165) is 24.1 Å². The van der Waals surface area contributed by atoms with E-state index in [0.29, 0.717) is 12.4 Å². The molecular weight excluding hydrogens is 274 g/mol. The zero-order valence-electron chi connectivity index (χ0n) is 10.7. The number of aromatic amines is 1. The minimum absolute atomic E-state index is 0.0275. The third-order valence-corrected chi connectivity index (χ3v) is 4.83. The first-order valence-electron chi connectivity index (χ1n) is 5.96. The van der Waals surface area contributed by atoms with Crippen LogP contribution in [-0.4, -0.2) is 36.8 Å². The summed E-state index contributed by atoms with van der Waals surface area (Å²) in [7, 11) is -3.20. The van der Waals surface area contributed by atoms with Crippen LogP contribution in [0.15, 0.2) is 6.20 Å². The molecule has 1 atom stereocenters. The van der Waals surface area contributed by atoms with Gasteiger partial charge < -0.3 is 0 Å². The Morgan fingerprint density at radius 1 is 1.56 bits per heavy atom. The summed E-state index contributed by atoms with van der Waals surface area (Å²) in [6.45, 7) is 4.22. The number of nitrogens with one attached hydrogen (secondary N) is 2. The maximum Gasteiger partial charge on any atom is 0.211 e. The molecule has 0 aromatic carbocycles. The predicted octanol–water partition coefficient (Wildman–Crippen LogP) is 1.45. The van der Waals surface area contributed by atoms with Crippen LogP contribution in [0.1, 0.15) is 24.6 Å². The van der Waals surface area contributed by atoms with E-state index in [1.54, 1.807) is 6.20 Å². The van der Waals surface area contributed by atoms with Gasteiger partial charge in [-0.1, -0.05) is 6.92 Å². The van der Waals surface area contributed by atoms with Gasteiger partial charge in [-0.05, 0) is 31.2 Å². The fraction of sp³-hybridized carbons (Fsp3) is 0.727. The molecule has 0 aliphatic heterocycles. The highest BCUT2D eigenvalue weighted by atomic mass is 35.5. The van der Waals surface area contributed by atoms with Crippen LogP contribution in [-0.2, 0) is 16.4 Å². The zero-order chi connectivity index (χ0) is 13.6. The van der Waals surface area contributed by atoms with Crippen molar-refractivity contribution in [2.24, 2.45) is 5.92 Å². The van der Waals surface area contributed by atoms with Crippen LogP contribution in [0.25, 0.3) is 0 Å². The molecule has 1 aromatic rings. The van der Waals surface area contributed by atoms with Gasteiger partial charge >= 0.3 is 0 Å². The summed E-state index contributed by atoms with van der Waals surface area (Å²) < 4.78 is 25.9. The molecule has 0 bridgehead atoms. The molecule has 0 spiro atoms. The van der Waals surface area contributed by atoms with Gasteiger partial charge in [-0.15, -0.1) is 11.6 Å². The highest BCUT2D eigenvalue weighted by molar-refractivity contribution is 7.89. The molecule has 104 valence electrons. The Kier molecular flexibility index (Phi) is 6.11. The van der Waals surface area contributed by atoms with Gasteiger partial charge in [0, 0.05) is 18.1 Å². The number of aryl methyl sites for hydroxylation is 2. The lowest BCUT2D eigenvalue weighted by atomic mass is 10.1. The van der Waals surface area contributed by atoms with Crippen LogP contribution in [0.4, 0.5) is 0 Å². The second-order valence-electron chi connectivity index (χ2n) is 4.56. The van der Waals surface area contributed by atoms with E-state index >= 15 is 0 Å². The van der Waals surface area contributed by atoms with Crippen molar-refractivity contribution in [3.63, 3.8) is 0 Å². The van der Waals surface area contributed by atoms with Gasteiger partial charge in [0.25, 0.3) is 0 Å². The topological polar surface area (TPSA) is 74.8 Å². The number of aromatic nitrogens is 2. The van der Waals surface area contributed by atoms with E-state index in [1.807, 2.05) is 13.8 Å². The van der Waals surface area contributed by atoms with Crippen molar-refractivity contribution in [3.05, 3.63) is 17.5 Å². The van der Waals surface area contributed by atoms with Crippen LogP contribution in [0.5, 0.6) is 0 Å². The molecule has 2 N–H and O–H groups in total. The molecule has 0 aliphatic rings. The summed E-state index contributed by atoms with van der Waals surface area (Å²) in [4.78, 5) is 0. The first-order valence-corrected chi connectivity index (χ1v) is 8.15. The molecule has 1 rings (SSSR count).